The van der Waals surface area contributed by atoms with Crippen LogP contribution in [0.5, 0.6) is 0 Å². The fourth-order valence-electron chi connectivity index (χ4n) is 3.14. The predicted octanol–water partition coefficient (Wildman–Crippen LogP) is 3.62. The molecule has 3 heteroatoms. The third kappa shape index (κ3) is 2.29. The first-order valence-electron chi connectivity index (χ1n) is 6.91. The van der Waals surface area contributed by atoms with Gasteiger partial charge >= 0.3 is 0 Å². The molecule has 0 radical (unpaired) electrons. The van der Waals surface area contributed by atoms with Gasteiger partial charge in [-0.1, -0.05) is 6.42 Å². The van der Waals surface area contributed by atoms with Gasteiger partial charge in [0.25, 0.3) is 0 Å². The Morgan fingerprint density at radius 3 is 3.00 bits per heavy atom. The third-order valence-corrected chi connectivity index (χ3v) is 4.18. The fraction of sp³-hybridized carbons (Fsp3) is 0.438. The number of benzene rings is 1. The molecule has 1 fully saturated rings. The van der Waals surface area contributed by atoms with Crippen LogP contribution in [-0.4, -0.2) is 10.4 Å². The number of fused-ring (bicyclic) bond motifs is 1. The van der Waals surface area contributed by atoms with E-state index in [4.69, 9.17) is 0 Å². The number of hydrogen-bond donors (Lipinski definition) is 0. The van der Waals surface area contributed by atoms with Gasteiger partial charge in [0.15, 0.2) is 0 Å². The summed E-state index contributed by atoms with van der Waals surface area (Å²) >= 11 is 0. The lowest BCUT2D eigenvalue weighted by Crippen LogP contribution is -2.20. The average Bonchev–Trinajstić information content (AvgIpc) is 2.69. The molecule has 0 N–H and O–H groups in total. The highest BCUT2D eigenvalue weighted by Crippen LogP contribution is 2.28. The first kappa shape index (κ1) is 12.4. The van der Waals surface area contributed by atoms with Gasteiger partial charge in [-0.3, -0.25) is 4.79 Å². The molecule has 1 aliphatic carbocycles. The van der Waals surface area contributed by atoms with E-state index < -0.39 is 0 Å². The minimum atomic E-state index is -0.214. The maximum atomic E-state index is 13.3. The van der Waals surface area contributed by atoms with Crippen molar-refractivity contribution in [2.24, 2.45) is 13.0 Å². The molecule has 2 nitrogen and oxygen atoms in total. The van der Waals surface area contributed by atoms with E-state index in [0.29, 0.717) is 5.78 Å². The molecule has 1 aromatic heterocycles. The topological polar surface area (TPSA) is 22.0 Å². The quantitative estimate of drug-likeness (QED) is 0.807. The maximum Gasteiger partial charge on any atom is 0.136 e. The highest BCUT2D eigenvalue weighted by Gasteiger charge is 2.23. The SMILES string of the molecule is Cn1cc(CC2CCCCC2=O)c2ccc(F)cc21. The minimum Gasteiger partial charge on any atom is -0.350 e. The summed E-state index contributed by atoms with van der Waals surface area (Å²) in [5.41, 5.74) is 2.07. The van der Waals surface area contributed by atoms with Gasteiger partial charge < -0.3 is 4.57 Å². The van der Waals surface area contributed by atoms with E-state index >= 15 is 0 Å². The van der Waals surface area contributed by atoms with Gasteiger partial charge in [-0.2, -0.15) is 0 Å². The summed E-state index contributed by atoms with van der Waals surface area (Å²) in [6.45, 7) is 0. The van der Waals surface area contributed by atoms with Crippen molar-refractivity contribution in [2.45, 2.75) is 32.1 Å². The van der Waals surface area contributed by atoms with Crippen LogP contribution in [0.2, 0.25) is 0 Å². The normalized spacial score (nSPS) is 20.1. The van der Waals surface area contributed by atoms with Gasteiger partial charge in [-0.25, -0.2) is 4.39 Å². The van der Waals surface area contributed by atoms with Crippen molar-refractivity contribution >= 4 is 16.7 Å². The van der Waals surface area contributed by atoms with Crippen molar-refractivity contribution in [3.63, 3.8) is 0 Å². The van der Waals surface area contributed by atoms with Crippen LogP contribution in [0.1, 0.15) is 31.2 Å². The summed E-state index contributed by atoms with van der Waals surface area (Å²) in [6, 6.07) is 4.88. The van der Waals surface area contributed by atoms with E-state index in [-0.39, 0.29) is 11.7 Å². The molecule has 1 aliphatic rings. The van der Waals surface area contributed by atoms with Gasteiger partial charge in [0.1, 0.15) is 11.6 Å². The van der Waals surface area contributed by atoms with E-state index in [2.05, 4.69) is 0 Å². The number of rotatable bonds is 2. The monoisotopic (exact) mass is 259 g/mol. The maximum absolute atomic E-state index is 13.3. The highest BCUT2D eigenvalue weighted by atomic mass is 19.1. The molecule has 1 unspecified atom stereocenters. The number of aryl methyl sites for hydroxylation is 1. The highest BCUT2D eigenvalue weighted by molar-refractivity contribution is 5.86. The predicted molar refractivity (Wildman–Crippen MR) is 73.5 cm³/mol. The number of Topliss-reactive ketones (excluding diaryl/α,β-unsaturated/α-hetero) is 1. The Morgan fingerprint density at radius 1 is 1.37 bits per heavy atom. The summed E-state index contributed by atoms with van der Waals surface area (Å²) in [7, 11) is 1.92. The molecule has 0 saturated heterocycles. The van der Waals surface area contributed by atoms with Crippen molar-refractivity contribution in [2.75, 3.05) is 0 Å². The zero-order valence-corrected chi connectivity index (χ0v) is 11.2. The van der Waals surface area contributed by atoms with E-state index in [1.807, 2.05) is 23.9 Å². The Hall–Kier alpha value is -1.64. The van der Waals surface area contributed by atoms with Gasteiger partial charge in [0, 0.05) is 31.0 Å². The van der Waals surface area contributed by atoms with Crippen molar-refractivity contribution < 1.29 is 9.18 Å². The van der Waals surface area contributed by atoms with Gasteiger partial charge in [0.05, 0.1) is 5.52 Å². The fourth-order valence-corrected chi connectivity index (χ4v) is 3.14. The summed E-state index contributed by atoms with van der Waals surface area (Å²) in [4.78, 5) is 11.9. The molecule has 3 rings (SSSR count). The molecule has 2 aromatic rings. The summed E-state index contributed by atoms with van der Waals surface area (Å²) in [6.07, 6.45) is 6.74. The van der Waals surface area contributed by atoms with Crippen LogP contribution in [0.25, 0.3) is 10.9 Å². The van der Waals surface area contributed by atoms with Crippen molar-refractivity contribution in [3.05, 3.63) is 35.8 Å². The van der Waals surface area contributed by atoms with Crippen molar-refractivity contribution in [3.8, 4) is 0 Å². The first-order valence-corrected chi connectivity index (χ1v) is 6.91. The van der Waals surface area contributed by atoms with Crippen LogP contribution in [0.3, 0.4) is 0 Å². The van der Waals surface area contributed by atoms with E-state index in [1.54, 1.807) is 6.07 Å². The Balaban J connectivity index is 1.94. The standard InChI is InChI=1S/C16H18FNO/c1-18-10-12(8-11-4-2-3-5-16(11)19)14-7-6-13(17)9-15(14)18/h6-7,9-11H,2-5,8H2,1H3. The van der Waals surface area contributed by atoms with Crippen LogP contribution >= 0.6 is 0 Å². The van der Waals surface area contributed by atoms with Crippen LogP contribution in [0.4, 0.5) is 4.39 Å². The largest absolute Gasteiger partial charge is 0.350 e. The lowest BCUT2D eigenvalue weighted by atomic mass is 9.84. The van der Waals surface area contributed by atoms with Crippen LogP contribution in [0.15, 0.2) is 24.4 Å². The second kappa shape index (κ2) is 4.80. The van der Waals surface area contributed by atoms with Gasteiger partial charge in [0.2, 0.25) is 0 Å². The van der Waals surface area contributed by atoms with E-state index in [1.165, 1.54) is 6.07 Å². The third-order valence-electron chi connectivity index (χ3n) is 4.18. The molecule has 100 valence electrons. The summed E-state index contributed by atoms with van der Waals surface area (Å²) in [5.74, 6) is 0.337. The van der Waals surface area contributed by atoms with Crippen LogP contribution in [0, 0.1) is 11.7 Å². The van der Waals surface area contributed by atoms with Gasteiger partial charge in [-0.15, -0.1) is 0 Å². The molecule has 19 heavy (non-hydrogen) atoms. The molecule has 1 heterocycles. The van der Waals surface area contributed by atoms with Gasteiger partial charge in [-0.05, 0) is 43.0 Å². The molecule has 1 saturated carbocycles. The van der Waals surface area contributed by atoms with E-state index in [9.17, 15) is 9.18 Å². The lowest BCUT2D eigenvalue weighted by Gasteiger charge is -2.19. The molecule has 0 bridgehead atoms. The van der Waals surface area contributed by atoms with Crippen molar-refractivity contribution in [1.82, 2.24) is 4.57 Å². The zero-order valence-electron chi connectivity index (χ0n) is 11.2. The molecule has 1 aromatic carbocycles. The molecule has 0 aliphatic heterocycles. The second-order valence-electron chi connectivity index (χ2n) is 5.54. The number of halogens is 1. The Labute approximate surface area is 112 Å². The first-order chi connectivity index (χ1) is 9.15. The summed E-state index contributed by atoms with van der Waals surface area (Å²) < 4.78 is 15.2. The number of carbonyl (C=O) groups excluding carboxylic acids is 1. The van der Waals surface area contributed by atoms with E-state index in [0.717, 1.165) is 48.6 Å². The van der Waals surface area contributed by atoms with Crippen LogP contribution in [-0.2, 0) is 18.3 Å². The zero-order chi connectivity index (χ0) is 13.4. The number of aromatic nitrogens is 1. The summed E-state index contributed by atoms with van der Waals surface area (Å²) in [5, 5.41) is 1.07. The molecule has 0 spiro atoms. The minimum absolute atomic E-state index is 0.157. The number of nitrogens with zero attached hydrogens (tertiary/aromatic N) is 1. The average molecular weight is 259 g/mol. The number of ketones is 1. The smallest absolute Gasteiger partial charge is 0.136 e. The molecular formula is C16H18FNO. The van der Waals surface area contributed by atoms with Crippen molar-refractivity contribution in [1.29, 1.82) is 0 Å². The second-order valence-corrected chi connectivity index (χ2v) is 5.54. The molecule has 0 amide bonds. The molecular weight excluding hydrogens is 241 g/mol. The Bertz CT molecular complexity index is 629. The Morgan fingerprint density at radius 2 is 2.21 bits per heavy atom. The lowest BCUT2D eigenvalue weighted by molar-refractivity contribution is -0.124. The number of hydrogen-bond acceptors (Lipinski definition) is 1. The number of carbonyl (C=O) groups is 1. The van der Waals surface area contributed by atoms with Crippen LogP contribution < -0.4 is 0 Å². The molecule has 1 atom stereocenters. The Kier molecular flexibility index (Phi) is 3.13.